The summed E-state index contributed by atoms with van der Waals surface area (Å²) in [6, 6.07) is 7.07. The number of methoxy groups -OCH3 is 1. The number of rotatable bonds is 2. The van der Waals surface area contributed by atoms with Crippen LogP contribution in [0, 0.1) is 11.3 Å². The fourth-order valence-corrected chi connectivity index (χ4v) is 3.03. The molecular weight excluding hydrogens is 280 g/mol. The van der Waals surface area contributed by atoms with Gasteiger partial charge in [0.05, 0.1) is 13.2 Å². The summed E-state index contributed by atoms with van der Waals surface area (Å²) in [5.74, 6) is 0.914. The van der Waals surface area contributed by atoms with E-state index in [1.807, 2.05) is 18.2 Å². The molecule has 0 unspecified atom stereocenters. The largest absolute Gasteiger partial charge is 0.497 e. The maximum atomic E-state index is 12.3. The molecule has 1 aromatic rings. The van der Waals surface area contributed by atoms with Gasteiger partial charge in [0.15, 0.2) is 0 Å². The Morgan fingerprint density at radius 3 is 2.73 bits per heavy atom. The van der Waals surface area contributed by atoms with Gasteiger partial charge in [-0.25, -0.2) is 4.79 Å². The maximum absolute atomic E-state index is 12.3. The van der Waals surface area contributed by atoms with E-state index in [1.165, 1.54) is 0 Å². The van der Waals surface area contributed by atoms with Crippen LogP contribution in [0.15, 0.2) is 24.3 Å². The van der Waals surface area contributed by atoms with Gasteiger partial charge in [-0.15, -0.1) is 0 Å². The Bertz CT molecular complexity index is 525. The number of anilines is 1. The van der Waals surface area contributed by atoms with E-state index in [9.17, 15) is 9.90 Å². The molecular formula is C17H26N2O3. The fourth-order valence-electron chi connectivity index (χ4n) is 3.03. The van der Waals surface area contributed by atoms with Crippen LogP contribution in [0.3, 0.4) is 0 Å². The molecule has 1 aliphatic heterocycles. The molecule has 122 valence electrons. The number of nitrogens with one attached hydrogen (secondary N) is 1. The quantitative estimate of drug-likeness (QED) is 0.883. The number of amides is 2. The van der Waals surface area contributed by atoms with E-state index in [0.29, 0.717) is 24.5 Å². The third-order valence-corrected chi connectivity index (χ3v) is 4.30. The average Bonchev–Trinajstić information content (AvgIpc) is 2.46. The van der Waals surface area contributed by atoms with E-state index >= 15 is 0 Å². The zero-order valence-electron chi connectivity index (χ0n) is 13.8. The van der Waals surface area contributed by atoms with Crippen molar-refractivity contribution in [2.45, 2.75) is 33.3 Å². The third-order valence-electron chi connectivity index (χ3n) is 4.30. The lowest BCUT2D eigenvalue weighted by molar-refractivity contribution is -0.0108. The van der Waals surface area contributed by atoms with E-state index in [1.54, 1.807) is 18.1 Å². The second kappa shape index (κ2) is 6.57. The summed E-state index contributed by atoms with van der Waals surface area (Å²) in [4.78, 5) is 14.0. The van der Waals surface area contributed by atoms with Crippen LogP contribution in [0.1, 0.15) is 27.2 Å². The van der Waals surface area contributed by atoms with E-state index in [0.717, 1.165) is 6.42 Å². The predicted octanol–water partition coefficient (Wildman–Crippen LogP) is 2.96. The van der Waals surface area contributed by atoms with Crippen LogP contribution < -0.4 is 10.1 Å². The van der Waals surface area contributed by atoms with Crippen molar-refractivity contribution in [3.05, 3.63) is 24.3 Å². The third kappa shape index (κ3) is 3.91. The molecule has 2 rings (SSSR count). The Hall–Kier alpha value is -1.75. The van der Waals surface area contributed by atoms with Crippen LogP contribution in [-0.4, -0.2) is 42.3 Å². The molecule has 5 nitrogen and oxygen atoms in total. The lowest BCUT2D eigenvalue weighted by atomic mass is 9.74. The van der Waals surface area contributed by atoms with E-state index in [-0.39, 0.29) is 17.4 Å². The highest BCUT2D eigenvalue weighted by Gasteiger charge is 2.37. The Balaban J connectivity index is 1.97. The molecule has 1 heterocycles. The van der Waals surface area contributed by atoms with Crippen LogP contribution in [0.2, 0.25) is 0 Å². The van der Waals surface area contributed by atoms with Gasteiger partial charge in [0.2, 0.25) is 0 Å². The highest BCUT2D eigenvalue weighted by molar-refractivity contribution is 5.89. The SMILES string of the molecule is COc1cccc(NC(=O)N2CC[C@@H](C(C)(C)C)[C@H](O)C2)c1. The summed E-state index contributed by atoms with van der Waals surface area (Å²) in [5.41, 5.74) is 0.742. The summed E-state index contributed by atoms with van der Waals surface area (Å²) in [5, 5.41) is 13.2. The summed E-state index contributed by atoms with van der Waals surface area (Å²) in [6.07, 6.45) is 0.334. The number of carbonyl (C=O) groups is 1. The van der Waals surface area contributed by atoms with Gasteiger partial charge in [0, 0.05) is 24.8 Å². The van der Waals surface area contributed by atoms with E-state index < -0.39 is 6.10 Å². The number of benzene rings is 1. The monoisotopic (exact) mass is 306 g/mol. The predicted molar refractivity (Wildman–Crippen MR) is 87.2 cm³/mol. The Morgan fingerprint density at radius 1 is 1.41 bits per heavy atom. The number of aliphatic hydroxyl groups excluding tert-OH is 1. The topological polar surface area (TPSA) is 61.8 Å². The van der Waals surface area contributed by atoms with Gasteiger partial charge in [-0.05, 0) is 29.9 Å². The van der Waals surface area contributed by atoms with Gasteiger partial charge >= 0.3 is 6.03 Å². The van der Waals surface area contributed by atoms with Gasteiger partial charge in [-0.2, -0.15) is 0 Å². The van der Waals surface area contributed by atoms with Crippen molar-refractivity contribution in [2.75, 3.05) is 25.5 Å². The summed E-state index contributed by atoms with van der Waals surface area (Å²) in [6.45, 7) is 7.43. The second-order valence-corrected chi connectivity index (χ2v) is 6.94. The second-order valence-electron chi connectivity index (χ2n) is 6.94. The van der Waals surface area contributed by atoms with Gasteiger partial charge < -0.3 is 20.1 Å². The van der Waals surface area contributed by atoms with Crippen molar-refractivity contribution >= 4 is 11.7 Å². The fraction of sp³-hybridized carbons (Fsp3) is 0.588. The molecule has 1 saturated heterocycles. The number of hydrogen-bond acceptors (Lipinski definition) is 3. The minimum absolute atomic E-state index is 0.0504. The molecule has 2 amide bonds. The molecule has 0 aromatic heterocycles. The van der Waals surface area contributed by atoms with Crippen LogP contribution in [0.4, 0.5) is 10.5 Å². The number of carbonyl (C=O) groups excluding carboxylic acids is 1. The highest BCUT2D eigenvalue weighted by Crippen LogP contribution is 2.34. The Kier molecular flexibility index (Phi) is 4.96. The van der Waals surface area contributed by atoms with Gasteiger partial charge in [-0.1, -0.05) is 26.8 Å². The molecule has 0 radical (unpaired) electrons. The zero-order valence-corrected chi connectivity index (χ0v) is 13.8. The Labute approximate surface area is 132 Å². The normalized spacial score (nSPS) is 22.3. The number of hydrogen-bond donors (Lipinski definition) is 2. The summed E-state index contributed by atoms with van der Waals surface area (Å²) < 4.78 is 5.15. The van der Waals surface area contributed by atoms with Crippen LogP contribution in [0.5, 0.6) is 5.75 Å². The number of ether oxygens (including phenoxy) is 1. The zero-order chi connectivity index (χ0) is 16.3. The molecule has 0 spiro atoms. The van der Waals surface area contributed by atoms with Crippen molar-refractivity contribution in [3.63, 3.8) is 0 Å². The van der Waals surface area contributed by atoms with Crippen molar-refractivity contribution in [3.8, 4) is 5.75 Å². The first-order valence-electron chi connectivity index (χ1n) is 7.69. The smallest absolute Gasteiger partial charge is 0.321 e. The molecule has 1 aromatic carbocycles. The minimum atomic E-state index is -0.482. The number of urea groups is 1. The Morgan fingerprint density at radius 2 is 2.14 bits per heavy atom. The first kappa shape index (κ1) is 16.6. The van der Waals surface area contributed by atoms with E-state index in [2.05, 4.69) is 26.1 Å². The maximum Gasteiger partial charge on any atom is 0.321 e. The highest BCUT2D eigenvalue weighted by atomic mass is 16.5. The van der Waals surface area contributed by atoms with Crippen molar-refractivity contribution < 1.29 is 14.6 Å². The number of β-amino-alcohol motifs (C(OH)–C–C–N with tert-alkyl or cyclic N) is 1. The number of aliphatic hydroxyl groups is 1. The van der Waals surface area contributed by atoms with Crippen molar-refractivity contribution in [1.29, 1.82) is 0 Å². The average molecular weight is 306 g/mol. The molecule has 0 saturated carbocycles. The molecule has 22 heavy (non-hydrogen) atoms. The molecule has 0 aliphatic carbocycles. The molecule has 1 aliphatic rings. The van der Waals surface area contributed by atoms with Gasteiger partial charge in [0.25, 0.3) is 0 Å². The van der Waals surface area contributed by atoms with Crippen LogP contribution >= 0.6 is 0 Å². The summed E-state index contributed by atoms with van der Waals surface area (Å²) >= 11 is 0. The number of nitrogens with zero attached hydrogens (tertiary/aromatic N) is 1. The van der Waals surface area contributed by atoms with Crippen molar-refractivity contribution in [2.24, 2.45) is 11.3 Å². The van der Waals surface area contributed by atoms with Gasteiger partial charge in [-0.3, -0.25) is 0 Å². The molecule has 1 fully saturated rings. The minimum Gasteiger partial charge on any atom is -0.497 e. The lowest BCUT2D eigenvalue weighted by Crippen LogP contribution is -2.51. The standard InChI is InChI=1S/C17H26N2O3/c1-17(2,3)14-8-9-19(11-15(14)20)16(21)18-12-6-5-7-13(10-12)22-4/h5-7,10,14-15,20H,8-9,11H2,1-4H3,(H,18,21)/t14-,15-/m1/s1. The first-order chi connectivity index (χ1) is 10.3. The molecule has 5 heteroatoms. The first-order valence-corrected chi connectivity index (χ1v) is 7.69. The molecule has 0 bridgehead atoms. The van der Waals surface area contributed by atoms with E-state index in [4.69, 9.17) is 4.74 Å². The number of piperidine rings is 1. The molecule has 2 atom stereocenters. The molecule has 2 N–H and O–H groups in total. The van der Waals surface area contributed by atoms with Crippen molar-refractivity contribution in [1.82, 2.24) is 4.90 Å². The van der Waals surface area contributed by atoms with Crippen LogP contribution in [-0.2, 0) is 0 Å². The van der Waals surface area contributed by atoms with Gasteiger partial charge in [0.1, 0.15) is 5.75 Å². The lowest BCUT2D eigenvalue weighted by Gasteiger charge is -2.42. The number of likely N-dealkylation sites (tertiary alicyclic amines) is 1. The summed E-state index contributed by atoms with van der Waals surface area (Å²) in [7, 11) is 1.59. The van der Waals surface area contributed by atoms with Crippen LogP contribution in [0.25, 0.3) is 0 Å².